The van der Waals surface area contributed by atoms with E-state index in [4.69, 9.17) is 4.74 Å². The van der Waals surface area contributed by atoms with E-state index in [1.165, 1.54) is 41.1 Å². The second kappa shape index (κ2) is 8.53. The highest BCUT2D eigenvalue weighted by atomic mass is 32.2. The minimum atomic E-state index is -3.93. The number of carbonyl (C=O) groups excluding carboxylic acids is 2. The lowest BCUT2D eigenvalue weighted by Gasteiger charge is -2.26. The van der Waals surface area contributed by atoms with Gasteiger partial charge in [0, 0.05) is 24.0 Å². The normalized spacial score (nSPS) is 14.0. The maximum atomic E-state index is 13.2. The van der Waals surface area contributed by atoms with Crippen LogP contribution in [0, 0.1) is 0 Å². The molecule has 0 saturated heterocycles. The average Bonchev–Trinajstić information content (AvgIpc) is 3.20. The van der Waals surface area contributed by atoms with Crippen molar-refractivity contribution in [3.8, 4) is 0 Å². The molecule has 1 aliphatic rings. The highest BCUT2D eigenvalue weighted by molar-refractivity contribution is 7.89. The Labute approximate surface area is 182 Å². The summed E-state index contributed by atoms with van der Waals surface area (Å²) in [6, 6.07) is 11.0. The molecule has 0 aliphatic carbocycles. The Hall–Kier alpha value is -3.15. The number of nitrogens with one attached hydrogen (secondary N) is 1. The van der Waals surface area contributed by atoms with Gasteiger partial charge in [0.1, 0.15) is 5.69 Å². The molecule has 1 aromatic carbocycles. The van der Waals surface area contributed by atoms with E-state index in [1.807, 2.05) is 0 Å². The number of amides is 1. The summed E-state index contributed by atoms with van der Waals surface area (Å²) in [4.78, 5) is 33.4. The molecule has 0 atom stereocenters. The minimum absolute atomic E-state index is 0.0107. The van der Waals surface area contributed by atoms with Crippen LogP contribution < -0.4 is 5.32 Å². The molecule has 0 fully saturated rings. The Balaban J connectivity index is 1.56. The third kappa shape index (κ3) is 4.20. The molecular formula is C20H18N4O5S2. The first-order valence-electron chi connectivity index (χ1n) is 9.28. The molecule has 31 heavy (non-hydrogen) atoms. The molecule has 0 bridgehead atoms. The molecule has 1 aliphatic heterocycles. The van der Waals surface area contributed by atoms with E-state index < -0.39 is 16.0 Å². The topological polar surface area (TPSA) is 119 Å². The van der Waals surface area contributed by atoms with Gasteiger partial charge in [-0.15, -0.1) is 11.3 Å². The number of methoxy groups -OCH3 is 1. The second-order valence-corrected chi connectivity index (χ2v) is 9.62. The highest BCUT2D eigenvalue weighted by Gasteiger charge is 2.33. The van der Waals surface area contributed by atoms with Crippen molar-refractivity contribution >= 4 is 38.4 Å². The van der Waals surface area contributed by atoms with Gasteiger partial charge < -0.3 is 4.74 Å². The van der Waals surface area contributed by atoms with Crippen LogP contribution in [0.25, 0.3) is 0 Å². The number of aromatic nitrogens is 2. The fourth-order valence-electron chi connectivity index (χ4n) is 3.20. The zero-order valence-corrected chi connectivity index (χ0v) is 18.1. The molecule has 1 N–H and O–H groups in total. The van der Waals surface area contributed by atoms with Gasteiger partial charge in [0.2, 0.25) is 10.0 Å². The number of sulfonamides is 1. The third-order valence-corrected chi connectivity index (χ3v) is 7.63. The summed E-state index contributed by atoms with van der Waals surface area (Å²) in [5, 5.41) is 3.09. The van der Waals surface area contributed by atoms with Crippen molar-refractivity contribution in [3.63, 3.8) is 0 Å². The SMILES string of the molecule is COC(=O)c1ccccc1S(=O)(=O)N1CCc2nc(NC(=O)c3ccccn3)sc2C1. The zero-order valence-electron chi connectivity index (χ0n) is 16.4. The lowest BCUT2D eigenvalue weighted by molar-refractivity contribution is 0.0596. The van der Waals surface area contributed by atoms with Crippen LogP contribution in [0.5, 0.6) is 0 Å². The minimum Gasteiger partial charge on any atom is -0.465 e. The van der Waals surface area contributed by atoms with Crippen molar-refractivity contribution < 1.29 is 22.7 Å². The molecule has 2 aromatic heterocycles. The number of hydrogen-bond acceptors (Lipinski definition) is 8. The van der Waals surface area contributed by atoms with Crippen LogP contribution in [0.1, 0.15) is 31.4 Å². The molecule has 4 rings (SSSR count). The summed E-state index contributed by atoms with van der Waals surface area (Å²) >= 11 is 1.22. The fraction of sp³-hybridized carbons (Fsp3) is 0.200. The number of fused-ring (bicyclic) bond motifs is 1. The first-order valence-corrected chi connectivity index (χ1v) is 11.5. The predicted octanol–water partition coefficient (Wildman–Crippen LogP) is 2.32. The van der Waals surface area contributed by atoms with Gasteiger partial charge in [0.05, 0.1) is 29.8 Å². The Morgan fingerprint density at radius 1 is 1.16 bits per heavy atom. The van der Waals surface area contributed by atoms with Crippen LogP contribution >= 0.6 is 11.3 Å². The van der Waals surface area contributed by atoms with E-state index in [0.717, 1.165) is 10.6 Å². The number of hydrogen-bond donors (Lipinski definition) is 1. The van der Waals surface area contributed by atoms with E-state index in [-0.39, 0.29) is 35.1 Å². The van der Waals surface area contributed by atoms with Gasteiger partial charge in [0.15, 0.2) is 5.13 Å². The van der Waals surface area contributed by atoms with Crippen LogP contribution in [-0.2, 0) is 27.7 Å². The molecule has 1 amide bonds. The zero-order chi connectivity index (χ0) is 22.0. The van der Waals surface area contributed by atoms with Crippen LogP contribution in [-0.4, -0.2) is 48.2 Å². The summed E-state index contributed by atoms with van der Waals surface area (Å²) in [6.07, 6.45) is 1.92. The number of thiazole rings is 1. The Morgan fingerprint density at radius 2 is 1.94 bits per heavy atom. The van der Waals surface area contributed by atoms with E-state index >= 15 is 0 Å². The molecule has 160 valence electrons. The lowest BCUT2D eigenvalue weighted by atomic mass is 10.2. The molecular weight excluding hydrogens is 440 g/mol. The van der Waals surface area contributed by atoms with E-state index in [1.54, 1.807) is 30.3 Å². The number of pyridine rings is 1. The van der Waals surface area contributed by atoms with Crippen LogP contribution in [0.3, 0.4) is 0 Å². The molecule has 9 nitrogen and oxygen atoms in total. The molecule has 0 saturated carbocycles. The fourth-order valence-corrected chi connectivity index (χ4v) is 5.89. The first-order chi connectivity index (χ1) is 14.9. The Kier molecular flexibility index (Phi) is 5.81. The summed E-state index contributed by atoms with van der Waals surface area (Å²) in [5.41, 5.74) is 0.997. The third-order valence-electron chi connectivity index (χ3n) is 4.72. The van der Waals surface area contributed by atoms with E-state index in [0.29, 0.717) is 11.6 Å². The van der Waals surface area contributed by atoms with E-state index in [9.17, 15) is 18.0 Å². The van der Waals surface area contributed by atoms with Gasteiger partial charge in [-0.25, -0.2) is 18.2 Å². The van der Waals surface area contributed by atoms with Crippen LogP contribution in [0.15, 0.2) is 53.6 Å². The summed E-state index contributed by atoms with van der Waals surface area (Å²) in [6.45, 7) is 0.312. The standard InChI is InChI=1S/C20H18N4O5S2/c1-29-19(26)13-6-2-3-8-17(13)31(27,28)24-11-9-14-16(12-24)30-20(22-14)23-18(25)15-7-4-5-10-21-15/h2-8,10H,9,11-12H2,1H3,(H,22,23,25). The summed E-state index contributed by atoms with van der Waals surface area (Å²) in [7, 11) is -2.73. The maximum absolute atomic E-state index is 13.2. The molecule has 3 aromatic rings. The Morgan fingerprint density at radius 3 is 2.68 bits per heavy atom. The molecule has 3 heterocycles. The second-order valence-electron chi connectivity index (χ2n) is 6.63. The Bertz CT molecular complexity index is 1240. The van der Waals surface area contributed by atoms with Gasteiger partial charge in [-0.3, -0.25) is 15.1 Å². The van der Waals surface area contributed by atoms with Crippen LogP contribution in [0.4, 0.5) is 5.13 Å². The van der Waals surface area contributed by atoms with Crippen molar-refractivity contribution in [1.82, 2.24) is 14.3 Å². The van der Waals surface area contributed by atoms with Crippen molar-refractivity contribution in [2.75, 3.05) is 19.0 Å². The number of benzene rings is 1. The van der Waals surface area contributed by atoms with Gasteiger partial charge in [-0.05, 0) is 24.3 Å². The average molecular weight is 459 g/mol. The number of anilines is 1. The van der Waals surface area contributed by atoms with Gasteiger partial charge in [0.25, 0.3) is 5.91 Å². The number of esters is 1. The number of rotatable bonds is 5. The van der Waals surface area contributed by atoms with Gasteiger partial charge in [-0.2, -0.15) is 4.31 Å². The van der Waals surface area contributed by atoms with Crippen molar-refractivity contribution in [2.45, 2.75) is 17.9 Å². The maximum Gasteiger partial charge on any atom is 0.339 e. The summed E-state index contributed by atoms with van der Waals surface area (Å²) < 4.78 is 32.5. The number of ether oxygens (including phenoxy) is 1. The first kappa shape index (κ1) is 21.1. The molecule has 0 unspecified atom stereocenters. The van der Waals surface area contributed by atoms with Crippen molar-refractivity contribution in [1.29, 1.82) is 0 Å². The smallest absolute Gasteiger partial charge is 0.339 e. The predicted molar refractivity (Wildman–Crippen MR) is 113 cm³/mol. The molecule has 0 spiro atoms. The summed E-state index contributed by atoms with van der Waals surface area (Å²) in [5.74, 6) is -1.10. The highest BCUT2D eigenvalue weighted by Crippen LogP contribution is 2.32. The van der Waals surface area contributed by atoms with Gasteiger partial charge >= 0.3 is 5.97 Å². The number of nitrogens with zero attached hydrogens (tertiary/aromatic N) is 3. The van der Waals surface area contributed by atoms with Gasteiger partial charge in [-0.1, -0.05) is 18.2 Å². The lowest BCUT2D eigenvalue weighted by Crippen LogP contribution is -2.36. The van der Waals surface area contributed by atoms with Crippen molar-refractivity contribution in [3.05, 3.63) is 70.5 Å². The van der Waals surface area contributed by atoms with Crippen LogP contribution in [0.2, 0.25) is 0 Å². The van der Waals surface area contributed by atoms with E-state index in [2.05, 4.69) is 15.3 Å². The quantitative estimate of drug-likeness (QED) is 0.583. The van der Waals surface area contributed by atoms with Crippen molar-refractivity contribution in [2.24, 2.45) is 0 Å². The largest absolute Gasteiger partial charge is 0.465 e. The molecule has 0 radical (unpaired) electrons. The number of carbonyl (C=O) groups is 2. The monoisotopic (exact) mass is 458 g/mol. The molecule has 11 heteroatoms.